The van der Waals surface area contributed by atoms with E-state index in [1.54, 1.807) is 6.07 Å². The maximum absolute atomic E-state index is 10.1. The second-order valence-corrected chi connectivity index (χ2v) is 1.82. The van der Waals surface area contributed by atoms with Gasteiger partial charge in [-0.25, -0.2) is 0 Å². The summed E-state index contributed by atoms with van der Waals surface area (Å²) in [7, 11) is 0. The Morgan fingerprint density at radius 2 is 2.09 bits per heavy atom. The van der Waals surface area contributed by atoms with Gasteiger partial charge in [0.25, 0.3) is 0 Å². The van der Waals surface area contributed by atoms with Gasteiger partial charge in [-0.1, -0.05) is 6.07 Å². The Kier molecular flexibility index (Phi) is 4.56. The highest BCUT2D eigenvalue weighted by Crippen LogP contribution is 1.93. The van der Waals surface area contributed by atoms with Crippen LogP contribution in [0.5, 0.6) is 0 Å². The number of nitrogens with zero attached hydrogens (tertiary/aromatic N) is 1. The van der Waals surface area contributed by atoms with Crippen LogP contribution in [0.2, 0.25) is 0 Å². The molecule has 0 spiro atoms. The third-order valence-electron chi connectivity index (χ3n) is 1.03. The number of carbonyl (C=O) groups excluding carboxylic acids is 2. The molecule has 1 aromatic heterocycles. The molecule has 1 rings (SSSR count). The van der Waals surface area contributed by atoms with Gasteiger partial charge in [-0.05, 0) is 19.1 Å². The molecule has 0 amide bonds. The quantitative estimate of drug-likeness (QED) is 0.563. The van der Waals surface area contributed by atoms with Crippen molar-refractivity contribution in [1.29, 1.82) is 0 Å². The fourth-order valence-corrected chi connectivity index (χ4v) is 0.630. The molecule has 0 fully saturated rings. The Bertz CT molecular complexity index is 235. The maximum atomic E-state index is 10.1. The minimum atomic E-state index is 0.495. The van der Waals surface area contributed by atoms with Crippen LogP contribution in [-0.4, -0.2) is 18.1 Å². The van der Waals surface area contributed by atoms with Crippen molar-refractivity contribution in [1.82, 2.24) is 4.98 Å². The number of hydrogen-bond donors (Lipinski definition) is 0. The molecule has 0 aliphatic rings. The van der Waals surface area contributed by atoms with E-state index in [2.05, 4.69) is 4.98 Å². The lowest BCUT2D eigenvalue weighted by molar-refractivity contribution is -0.0979. The van der Waals surface area contributed by atoms with Gasteiger partial charge in [0.2, 0.25) is 0 Å². The van der Waals surface area contributed by atoms with Gasteiger partial charge in [0.15, 0.2) is 6.29 Å². The van der Waals surface area contributed by atoms with Crippen LogP contribution in [0.25, 0.3) is 0 Å². The number of aldehydes is 1. The molecule has 0 aliphatic carbocycles. The van der Waals surface area contributed by atoms with E-state index in [0.29, 0.717) is 5.69 Å². The lowest BCUT2D eigenvalue weighted by Gasteiger charge is -1.89. The molecule has 3 heteroatoms. The smallest absolute Gasteiger partial charge is 0.168 e. The Labute approximate surface area is 65.1 Å². The first-order valence-corrected chi connectivity index (χ1v) is 3.00. The Morgan fingerprint density at radius 3 is 2.45 bits per heavy atom. The van der Waals surface area contributed by atoms with E-state index in [1.165, 1.54) is 0 Å². The van der Waals surface area contributed by atoms with Gasteiger partial charge in [0, 0.05) is 5.69 Å². The summed E-state index contributed by atoms with van der Waals surface area (Å²) in [5.41, 5.74) is 1.37. The molecule has 58 valence electrons. The minimum Gasteiger partial charge on any atom is -0.307 e. The van der Waals surface area contributed by atoms with Crippen molar-refractivity contribution in [3.63, 3.8) is 0 Å². The van der Waals surface area contributed by atoms with Crippen LogP contribution in [0.3, 0.4) is 0 Å². The van der Waals surface area contributed by atoms with Crippen molar-refractivity contribution in [3.8, 4) is 0 Å². The number of hydrogen-bond acceptors (Lipinski definition) is 3. The molecule has 0 saturated heterocycles. The maximum Gasteiger partial charge on any atom is 0.168 e. The molecule has 0 radical (unpaired) electrons. The average molecular weight is 151 g/mol. The third kappa shape index (κ3) is 3.25. The van der Waals surface area contributed by atoms with E-state index >= 15 is 0 Å². The highest BCUT2D eigenvalue weighted by molar-refractivity contribution is 5.71. The zero-order valence-electron chi connectivity index (χ0n) is 6.28. The van der Waals surface area contributed by atoms with E-state index in [1.807, 2.05) is 25.8 Å². The van der Waals surface area contributed by atoms with Gasteiger partial charge in [0.1, 0.15) is 12.5 Å². The fourth-order valence-electron chi connectivity index (χ4n) is 0.630. The molecular formula is C8H9NO2. The number of pyridine rings is 1. The first-order chi connectivity index (χ1) is 5.33. The zero-order valence-corrected chi connectivity index (χ0v) is 6.28. The summed E-state index contributed by atoms with van der Waals surface area (Å²) < 4.78 is 0. The van der Waals surface area contributed by atoms with Crippen LogP contribution >= 0.6 is 0 Å². The number of aromatic nitrogens is 1. The molecular weight excluding hydrogens is 142 g/mol. The van der Waals surface area contributed by atoms with Crippen LogP contribution in [0.15, 0.2) is 18.2 Å². The molecule has 11 heavy (non-hydrogen) atoms. The van der Waals surface area contributed by atoms with E-state index in [0.717, 1.165) is 12.0 Å². The Balaban J connectivity index is 0.000000461. The Morgan fingerprint density at radius 1 is 1.45 bits per heavy atom. The van der Waals surface area contributed by atoms with E-state index in [-0.39, 0.29) is 0 Å². The molecule has 0 saturated carbocycles. The third-order valence-corrected chi connectivity index (χ3v) is 1.03. The highest BCUT2D eigenvalue weighted by atomic mass is 16.1. The number of aryl methyl sites for hydroxylation is 1. The average Bonchev–Trinajstić information content (AvgIpc) is 2.08. The molecule has 0 unspecified atom stereocenters. The van der Waals surface area contributed by atoms with Gasteiger partial charge in [-0.15, -0.1) is 0 Å². The van der Waals surface area contributed by atoms with E-state index in [4.69, 9.17) is 4.79 Å². The first-order valence-electron chi connectivity index (χ1n) is 3.00. The topological polar surface area (TPSA) is 47.0 Å². The minimum absolute atomic E-state index is 0.495. The SMILES string of the molecule is C=O.Cc1cccc(C=O)n1. The normalized spacial score (nSPS) is 7.73. The van der Waals surface area contributed by atoms with Crippen molar-refractivity contribution in [3.05, 3.63) is 29.6 Å². The van der Waals surface area contributed by atoms with Crippen molar-refractivity contribution >= 4 is 13.1 Å². The van der Waals surface area contributed by atoms with Gasteiger partial charge >= 0.3 is 0 Å². The molecule has 1 heterocycles. The number of rotatable bonds is 1. The molecule has 0 N–H and O–H groups in total. The first kappa shape index (κ1) is 9.49. The van der Waals surface area contributed by atoms with E-state index in [9.17, 15) is 4.79 Å². The summed E-state index contributed by atoms with van der Waals surface area (Å²) in [6.07, 6.45) is 0.743. The largest absolute Gasteiger partial charge is 0.307 e. The molecule has 0 aromatic carbocycles. The van der Waals surface area contributed by atoms with Crippen LogP contribution in [0.4, 0.5) is 0 Å². The van der Waals surface area contributed by atoms with Gasteiger partial charge in [-0.2, -0.15) is 0 Å². The summed E-state index contributed by atoms with van der Waals surface area (Å²) in [5.74, 6) is 0. The highest BCUT2D eigenvalue weighted by Gasteiger charge is 1.87. The summed E-state index contributed by atoms with van der Waals surface area (Å²) in [6.45, 7) is 3.85. The molecule has 0 aliphatic heterocycles. The van der Waals surface area contributed by atoms with E-state index < -0.39 is 0 Å². The van der Waals surface area contributed by atoms with Gasteiger partial charge in [0.05, 0.1) is 0 Å². The molecule has 1 aromatic rings. The molecule has 0 atom stereocenters. The molecule has 0 bridgehead atoms. The van der Waals surface area contributed by atoms with Crippen LogP contribution in [-0.2, 0) is 4.79 Å². The second-order valence-electron chi connectivity index (χ2n) is 1.82. The summed E-state index contributed by atoms with van der Waals surface area (Å²) in [6, 6.07) is 5.35. The van der Waals surface area contributed by atoms with Crippen LogP contribution in [0, 0.1) is 6.92 Å². The lowest BCUT2D eigenvalue weighted by Crippen LogP contribution is -1.86. The Hall–Kier alpha value is -1.51. The van der Waals surface area contributed by atoms with Crippen molar-refractivity contribution in [2.24, 2.45) is 0 Å². The van der Waals surface area contributed by atoms with Crippen LogP contribution < -0.4 is 0 Å². The monoisotopic (exact) mass is 151 g/mol. The number of carbonyl (C=O) groups is 2. The fraction of sp³-hybridized carbons (Fsp3) is 0.125. The van der Waals surface area contributed by atoms with Crippen molar-refractivity contribution in [2.75, 3.05) is 0 Å². The van der Waals surface area contributed by atoms with Gasteiger partial charge in [-0.3, -0.25) is 9.78 Å². The predicted molar refractivity (Wildman–Crippen MR) is 41.5 cm³/mol. The summed E-state index contributed by atoms with van der Waals surface area (Å²) >= 11 is 0. The predicted octanol–water partition coefficient (Wildman–Crippen LogP) is 1.02. The summed E-state index contributed by atoms with van der Waals surface area (Å²) in [4.78, 5) is 22.0. The van der Waals surface area contributed by atoms with Crippen LogP contribution in [0.1, 0.15) is 16.2 Å². The molecule has 3 nitrogen and oxygen atoms in total. The zero-order chi connectivity index (χ0) is 8.69. The standard InChI is InChI=1S/C7H7NO.CH2O/c1-6-3-2-4-7(5-9)8-6;1-2/h2-5H,1H3;1H2. The second kappa shape index (κ2) is 5.29. The van der Waals surface area contributed by atoms with Crippen molar-refractivity contribution in [2.45, 2.75) is 6.92 Å². The van der Waals surface area contributed by atoms with Gasteiger partial charge < -0.3 is 4.79 Å². The van der Waals surface area contributed by atoms with Crippen molar-refractivity contribution < 1.29 is 9.59 Å². The lowest BCUT2D eigenvalue weighted by atomic mass is 10.3. The summed E-state index contributed by atoms with van der Waals surface area (Å²) in [5, 5.41) is 0.